The summed E-state index contributed by atoms with van der Waals surface area (Å²) in [6, 6.07) is 8.98. The predicted molar refractivity (Wildman–Crippen MR) is 96.0 cm³/mol. The van der Waals surface area contributed by atoms with Crippen molar-refractivity contribution in [1.29, 1.82) is 5.26 Å². The maximum absolute atomic E-state index is 12.4. The fourth-order valence-electron chi connectivity index (χ4n) is 1.89. The van der Waals surface area contributed by atoms with Crippen LogP contribution in [0.4, 0.5) is 0 Å². The highest BCUT2D eigenvalue weighted by Crippen LogP contribution is 2.16. The zero-order valence-corrected chi connectivity index (χ0v) is 15.7. The summed E-state index contributed by atoms with van der Waals surface area (Å²) in [6.45, 7) is 8.43. The first-order chi connectivity index (χ1) is 11.2. The summed E-state index contributed by atoms with van der Waals surface area (Å²) in [7, 11) is 1.86. The molecule has 0 heterocycles. The van der Waals surface area contributed by atoms with Crippen LogP contribution in [0.3, 0.4) is 0 Å². The third kappa shape index (κ3) is 5.70. The predicted octanol–water partition coefficient (Wildman–Crippen LogP) is 3.09. The van der Waals surface area contributed by atoms with Crippen LogP contribution in [-0.2, 0) is 4.79 Å². The van der Waals surface area contributed by atoms with Crippen LogP contribution in [0.2, 0.25) is 5.02 Å². The van der Waals surface area contributed by atoms with Crippen LogP contribution < -0.4 is 10.1 Å². The normalized spacial score (nSPS) is 14.8. The number of nitrogens with one attached hydrogen (secondary N) is 1. The minimum absolute atomic E-state index is 0.0252. The molecule has 0 fully saturated rings. The molecule has 0 saturated heterocycles. The Morgan fingerprint density at radius 2 is 1.96 bits per heavy atom. The van der Waals surface area contributed by atoms with Gasteiger partial charge in [0.1, 0.15) is 17.9 Å². The molecule has 0 aliphatic carbocycles. The van der Waals surface area contributed by atoms with Crippen LogP contribution in [0.1, 0.15) is 27.7 Å². The molecule has 1 aromatic rings. The Bertz CT molecular complexity index is 583. The van der Waals surface area contributed by atoms with Crippen molar-refractivity contribution in [2.24, 2.45) is 5.92 Å². The first-order valence-electron chi connectivity index (χ1n) is 8.01. The number of likely N-dealkylation sites (N-methyl/N-ethyl adjacent to an activating group) is 1. The lowest BCUT2D eigenvalue weighted by Crippen LogP contribution is -2.54. The van der Waals surface area contributed by atoms with Gasteiger partial charge in [-0.05, 0) is 51.1 Å². The van der Waals surface area contributed by atoms with Gasteiger partial charge in [0, 0.05) is 11.6 Å². The molecule has 24 heavy (non-hydrogen) atoms. The zero-order chi connectivity index (χ0) is 18.3. The van der Waals surface area contributed by atoms with E-state index in [2.05, 4.69) is 11.4 Å². The zero-order valence-electron chi connectivity index (χ0n) is 15.0. The van der Waals surface area contributed by atoms with E-state index in [0.29, 0.717) is 18.2 Å². The van der Waals surface area contributed by atoms with E-state index in [4.69, 9.17) is 16.3 Å². The second-order valence-corrected chi connectivity index (χ2v) is 6.85. The Hall–Kier alpha value is -1.77. The molecule has 5 nitrogen and oxygen atoms in total. The number of nitrogens with zero attached hydrogens (tertiary/aromatic N) is 2. The monoisotopic (exact) mass is 351 g/mol. The average Bonchev–Trinajstić information content (AvgIpc) is 2.55. The lowest BCUT2D eigenvalue weighted by atomic mass is 9.90. The molecule has 0 spiro atoms. The van der Waals surface area contributed by atoms with Crippen molar-refractivity contribution in [3.8, 4) is 11.8 Å². The number of halogens is 1. The number of nitriles is 1. The lowest BCUT2D eigenvalue weighted by molar-refractivity contribution is -0.127. The molecule has 132 valence electrons. The topological polar surface area (TPSA) is 65.4 Å². The molecule has 0 bridgehead atoms. The van der Waals surface area contributed by atoms with E-state index in [1.54, 1.807) is 31.2 Å². The summed E-state index contributed by atoms with van der Waals surface area (Å²) in [6.07, 6.45) is 0. The molecule has 6 heteroatoms. The van der Waals surface area contributed by atoms with Crippen LogP contribution in [-0.4, -0.2) is 42.6 Å². The highest BCUT2D eigenvalue weighted by molar-refractivity contribution is 6.30. The summed E-state index contributed by atoms with van der Waals surface area (Å²) < 4.78 is 5.64. The second-order valence-electron chi connectivity index (χ2n) is 6.42. The summed E-state index contributed by atoms with van der Waals surface area (Å²) in [4.78, 5) is 14.3. The molecule has 0 saturated carbocycles. The highest BCUT2D eigenvalue weighted by Gasteiger charge is 2.32. The molecule has 1 rings (SSSR count). The molecule has 2 atom stereocenters. The van der Waals surface area contributed by atoms with Gasteiger partial charge in [0.05, 0.1) is 12.1 Å². The average molecular weight is 352 g/mol. The van der Waals surface area contributed by atoms with Crippen LogP contribution in [0, 0.1) is 17.2 Å². The quantitative estimate of drug-likeness (QED) is 0.781. The van der Waals surface area contributed by atoms with E-state index in [1.165, 1.54) is 0 Å². The molecule has 1 N–H and O–H groups in total. The summed E-state index contributed by atoms with van der Waals surface area (Å²) in [5.41, 5.74) is -0.869. The van der Waals surface area contributed by atoms with Gasteiger partial charge in [0.2, 0.25) is 5.91 Å². The second kappa shape index (κ2) is 8.91. The summed E-state index contributed by atoms with van der Waals surface area (Å²) >= 11 is 5.83. The minimum Gasteiger partial charge on any atom is -0.492 e. The van der Waals surface area contributed by atoms with Crippen LogP contribution in [0.25, 0.3) is 0 Å². The number of hydrogen-bond donors (Lipinski definition) is 1. The number of rotatable bonds is 8. The van der Waals surface area contributed by atoms with Gasteiger partial charge < -0.3 is 10.1 Å². The molecule has 1 amide bonds. The maximum atomic E-state index is 12.4. The first kappa shape index (κ1) is 20.3. The van der Waals surface area contributed by atoms with Gasteiger partial charge in [-0.2, -0.15) is 5.26 Å². The van der Waals surface area contributed by atoms with E-state index in [9.17, 15) is 10.1 Å². The van der Waals surface area contributed by atoms with Crippen molar-refractivity contribution in [3.05, 3.63) is 29.3 Å². The summed E-state index contributed by atoms with van der Waals surface area (Å²) in [5.74, 6) is 0.598. The Morgan fingerprint density at radius 3 is 2.46 bits per heavy atom. The molecule has 1 aromatic carbocycles. The molecular weight excluding hydrogens is 326 g/mol. The highest BCUT2D eigenvalue weighted by atomic mass is 35.5. The van der Waals surface area contributed by atoms with Crippen molar-refractivity contribution in [2.75, 3.05) is 20.2 Å². The Labute approximate surface area is 149 Å². The molecular formula is C18H26ClN3O2. The van der Waals surface area contributed by atoms with E-state index >= 15 is 0 Å². The number of benzene rings is 1. The SMILES string of the molecule is CC(C)[C@](C)(C#N)NC(=O)[C@@H](C)N(C)CCOc1ccc(Cl)cc1. The van der Waals surface area contributed by atoms with Crippen molar-refractivity contribution in [2.45, 2.75) is 39.3 Å². The smallest absolute Gasteiger partial charge is 0.238 e. The van der Waals surface area contributed by atoms with Gasteiger partial charge in [-0.1, -0.05) is 25.4 Å². The van der Waals surface area contributed by atoms with Crippen molar-refractivity contribution in [3.63, 3.8) is 0 Å². The third-order valence-corrected chi connectivity index (χ3v) is 4.59. The minimum atomic E-state index is -0.869. The fraction of sp³-hybridized carbons (Fsp3) is 0.556. The molecule has 0 aliphatic rings. The molecule has 0 radical (unpaired) electrons. The molecule has 0 aliphatic heterocycles. The number of ether oxygens (including phenoxy) is 1. The number of amides is 1. The van der Waals surface area contributed by atoms with E-state index < -0.39 is 5.54 Å². The largest absolute Gasteiger partial charge is 0.492 e. The standard InChI is InChI=1S/C18H26ClN3O2/c1-13(2)18(4,12-20)21-17(23)14(3)22(5)10-11-24-16-8-6-15(19)7-9-16/h6-9,13-14H,10-11H2,1-5H3,(H,21,23)/t14-,18+/m1/s1. The first-order valence-corrected chi connectivity index (χ1v) is 8.39. The number of hydrogen-bond acceptors (Lipinski definition) is 4. The van der Waals surface area contributed by atoms with Gasteiger partial charge in [0.15, 0.2) is 0 Å². The van der Waals surface area contributed by atoms with E-state index in [1.807, 2.05) is 32.7 Å². The van der Waals surface area contributed by atoms with Gasteiger partial charge in [-0.25, -0.2) is 0 Å². The van der Waals surface area contributed by atoms with E-state index in [-0.39, 0.29) is 17.9 Å². The van der Waals surface area contributed by atoms with Crippen LogP contribution in [0.15, 0.2) is 24.3 Å². The Morgan fingerprint density at radius 1 is 1.38 bits per heavy atom. The van der Waals surface area contributed by atoms with Crippen LogP contribution >= 0.6 is 11.6 Å². The van der Waals surface area contributed by atoms with Gasteiger partial charge in [-0.3, -0.25) is 9.69 Å². The Balaban J connectivity index is 2.49. The Kier molecular flexibility index (Phi) is 7.53. The molecule has 0 aromatic heterocycles. The summed E-state index contributed by atoms with van der Waals surface area (Å²) in [5, 5.41) is 12.8. The van der Waals surface area contributed by atoms with Crippen molar-refractivity contribution >= 4 is 17.5 Å². The van der Waals surface area contributed by atoms with Crippen molar-refractivity contribution < 1.29 is 9.53 Å². The molecule has 0 unspecified atom stereocenters. The van der Waals surface area contributed by atoms with Crippen LogP contribution in [0.5, 0.6) is 5.75 Å². The maximum Gasteiger partial charge on any atom is 0.238 e. The van der Waals surface area contributed by atoms with E-state index in [0.717, 1.165) is 5.75 Å². The van der Waals surface area contributed by atoms with Crippen molar-refractivity contribution in [1.82, 2.24) is 10.2 Å². The lowest BCUT2D eigenvalue weighted by Gasteiger charge is -2.31. The number of carbonyl (C=O) groups excluding carboxylic acids is 1. The number of carbonyl (C=O) groups is 1. The van der Waals surface area contributed by atoms with Gasteiger partial charge >= 0.3 is 0 Å². The third-order valence-electron chi connectivity index (χ3n) is 4.34. The van der Waals surface area contributed by atoms with Gasteiger partial charge in [-0.15, -0.1) is 0 Å². The fourth-order valence-corrected chi connectivity index (χ4v) is 2.02. The van der Waals surface area contributed by atoms with Gasteiger partial charge in [0.25, 0.3) is 0 Å².